The van der Waals surface area contributed by atoms with Crippen LogP contribution in [0.15, 0.2) is 36.5 Å². The normalized spacial score (nSPS) is 12.0. The maximum absolute atomic E-state index is 11.7. The number of nitrogens with two attached hydrogens (primary N) is 1. The number of likely N-dealkylation sites (N-methyl/N-ethyl adjacent to an activating group) is 1. The molecule has 0 saturated carbocycles. The highest BCUT2D eigenvalue weighted by molar-refractivity contribution is 5.75. The van der Waals surface area contributed by atoms with Crippen LogP contribution >= 0.6 is 0 Å². The van der Waals surface area contributed by atoms with Crippen LogP contribution in [0.3, 0.4) is 0 Å². The molecule has 7 nitrogen and oxygen atoms in total. The molecule has 1 heterocycles. The van der Waals surface area contributed by atoms with E-state index < -0.39 is 12.0 Å². The van der Waals surface area contributed by atoms with Crippen LogP contribution in [0.4, 0.5) is 5.82 Å². The lowest BCUT2D eigenvalue weighted by Gasteiger charge is -2.25. The number of carboxylic acid groups (broad SMARTS) is 1. The number of hydrogen-bond acceptors (Lipinski definition) is 6. The van der Waals surface area contributed by atoms with Crippen LogP contribution in [0.5, 0.6) is 11.5 Å². The van der Waals surface area contributed by atoms with Gasteiger partial charge >= 0.3 is 5.97 Å². The summed E-state index contributed by atoms with van der Waals surface area (Å²) in [5.41, 5.74) is 7.20. The molecule has 0 amide bonds. The Hall–Kier alpha value is -2.80. The van der Waals surface area contributed by atoms with E-state index in [1.54, 1.807) is 38.3 Å². The number of nitrogen functional groups attached to an aromatic ring is 1. The summed E-state index contributed by atoms with van der Waals surface area (Å²) in [5.74, 6) is 0.749. The molecular weight excluding hydrogens is 322 g/mol. The zero-order valence-corrected chi connectivity index (χ0v) is 14.6. The second-order valence-corrected chi connectivity index (χ2v) is 5.68. The lowest BCUT2D eigenvalue weighted by molar-refractivity contribution is -0.143. The van der Waals surface area contributed by atoms with Crippen LogP contribution in [0, 0.1) is 0 Å². The summed E-state index contributed by atoms with van der Waals surface area (Å²) in [5, 5.41) is 9.58. The van der Waals surface area contributed by atoms with Gasteiger partial charge in [0, 0.05) is 12.7 Å². The highest BCUT2D eigenvalue weighted by Crippen LogP contribution is 2.28. The smallest absolute Gasteiger partial charge is 0.325 e. The predicted octanol–water partition coefficient (Wildman–Crippen LogP) is 1.98. The van der Waals surface area contributed by atoms with Gasteiger partial charge in [0.25, 0.3) is 0 Å². The van der Waals surface area contributed by atoms with Gasteiger partial charge in [-0.2, -0.15) is 0 Å². The zero-order chi connectivity index (χ0) is 18.4. The molecule has 0 radical (unpaired) electrons. The quantitative estimate of drug-likeness (QED) is 0.755. The summed E-state index contributed by atoms with van der Waals surface area (Å²) in [6.45, 7) is 0.552. The molecule has 0 bridgehead atoms. The molecule has 0 spiro atoms. The van der Waals surface area contributed by atoms with Gasteiger partial charge in [0.05, 0.1) is 14.2 Å². The van der Waals surface area contributed by atoms with Crippen LogP contribution in [-0.4, -0.2) is 48.8 Å². The van der Waals surface area contributed by atoms with E-state index in [4.69, 9.17) is 15.2 Å². The number of methoxy groups -OCH3 is 2. The highest BCUT2D eigenvalue weighted by atomic mass is 16.5. The number of carbonyl (C=O) groups is 1. The summed E-state index contributed by atoms with van der Waals surface area (Å²) in [6.07, 6.45) is 2.17. The minimum absolute atomic E-state index is 0.362. The molecule has 1 aromatic carbocycles. The van der Waals surface area contributed by atoms with E-state index in [0.717, 1.165) is 5.56 Å². The number of benzene rings is 1. The van der Waals surface area contributed by atoms with E-state index >= 15 is 0 Å². The minimum atomic E-state index is -0.929. The van der Waals surface area contributed by atoms with E-state index in [1.807, 2.05) is 18.2 Å². The van der Waals surface area contributed by atoms with Gasteiger partial charge in [-0.1, -0.05) is 12.1 Å². The van der Waals surface area contributed by atoms with Crippen LogP contribution < -0.4 is 15.2 Å². The summed E-state index contributed by atoms with van der Waals surface area (Å²) in [6, 6.07) is 8.19. The Labute approximate surface area is 147 Å². The number of hydrogen-bond donors (Lipinski definition) is 2. The molecule has 3 N–H and O–H groups in total. The molecule has 2 aromatic rings. The first-order chi connectivity index (χ1) is 12.0. The fraction of sp³-hybridized carbons (Fsp3) is 0.333. The third-order valence-corrected chi connectivity index (χ3v) is 4.00. The molecule has 0 aliphatic heterocycles. The molecule has 0 aliphatic carbocycles. The molecule has 25 heavy (non-hydrogen) atoms. The number of rotatable bonds is 8. The first kappa shape index (κ1) is 18.5. The van der Waals surface area contributed by atoms with Gasteiger partial charge < -0.3 is 20.3 Å². The van der Waals surface area contributed by atoms with Gasteiger partial charge in [0.1, 0.15) is 11.9 Å². The van der Waals surface area contributed by atoms with E-state index in [0.29, 0.717) is 35.8 Å². The summed E-state index contributed by atoms with van der Waals surface area (Å²) < 4.78 is 10.5. The number of aliphatic carboxylic acids is 1. The molecule has 134 valence electrons. The largest absolute Gasteiger partial charge is 0.493 e. The standard InChI is InChI=1S/C18H23N3O4/c1-21(17(18(22)23)13-5-7-16(19)20-11-13)9-8-12-4-6-14(24-2)15(10-12)25-3/h4-7,10-11,17H,8-9H2,1-3H3,(H2,19,20)(H,22,23)/t17-/m0/s1. The van der Waals surface area contributed by atoms with Crippen molar-refractivity contribution >= 4 is 11.8 Å². The molecule has 0 unspecified atom stereocenters. The Morgan fingerprint density at radius 3 is 2.52 bits per heavy atom. The summed E-state index contributed by atoms with van der Waals surface area (Å²) >= 11 is 0. The van der Waals surface area contributed by atoms with E-state index in [2.05, 4.69) is 4.98 Å². The molecule has 0 fully saturated rings. The van der Waals surface area contributed by atoms with Crippen LogP contribution in [0.2, 0.25) is 0 Å². The number of pyridine rings is 1. The molecule has 0 saturated heterocycles. The van der Waals surface area contributed by atoms with Gasteiger partial charge in [-0.25, -0.2) is 4.98 Å². The molecule has 0 aliphatic rings. The average Bonchev–Trinajstić information content (AvgIpc) is 2.61. The van der Waals surface area contributed by atoms with Crippen LogP contribution in [-0.2, 0) is 11.2 Å². The Bertz CT molecular complexity index is 719. The van der Waals surface area contributed by atoms with E-state index in [9.17, 15) is 9.90 Å². The second-order valence-electron chi connectivity index (χ2n) is 5.68. The van der Waals surface area contributed by atoms with E-state index in [1.165, 1.54) is 6.20 Å². The molecule has 1 aromatic heterocycles. The predicted molar refractivity (Wildman–Crippen MR) is 94.9 cm³/mol. The van der Waals surface area contributed by atoms with Crippen molar-refractivity contribution in [1.29, 1.82) is 0 Å². The maximum Gasteiger partial charge on any atom is 0.325 e. The zero-order valence-electron chi connectivity index (χ0n) is 14.6. The Morgan fingerprint density at radius 1 is 1.24 bits per heavy atom. The molecule has 2 rings (SSSR count). The highest BCUT2D eigenvalue weighted by Gasteiger charge is 2.24. The van der Waals surface area contributed by atoms with Crippen molar-refractivity contribution < 1.29 is 19.4 Å². The van der Waals surface area contributed by atoms with Crippen molar-refractivity contribution in [1.82, 2.24) is 9.88 Å². The first-order valence-electron chi connectivity index (χ1n) is 7.81. The Kier molecular flexibility index (Phi) is 6.19. The van der Waals surface area contributed by atoms with Gasteiger partial charge in [0.2, 0.25) is 0 Å². The van der Waals surface area contributed by atoms with Crippen molar-refractivity contribution in [3.05, 3.63) is 47.7 Å². The van der Waals surface area contributed by atoms with Gasteiger partial charge in [0.15, 0.2) is 11.5 Å². The lowest BCUT2D eigenvalue weighted by atomic mass is 10.1. The van der Waals surface area contributed by atoms with Crippen molar-refractivity contribution in [2.45, 2.75) is 12.5 Å². The van der Waals surface area contributed by atoms with Gasteiger partial charge in [-0.05, 0) is 42.8 Å². The third kappa shape index (κ3) is 4.60. The topological polar surface area (TPSA) is 97.9 Å². The van der Waals surface area contributed by atoms with Crippen molar-refractivity contribution in [2.24, 2.45) is 0 Å². The Morgan fingerprint density at radius 2 is 1.96 bits per heavy atom. The third-order valence-electron chi connectivity index (χ3n) is 4.00. The SMILES string of the molecule is COc1ccc(CCN(C)[C@H](C(=O)O)c2ccc(N)nc2)cc1OC. The number of carboxylic acids is 1. The van der Waals surface area contributed by atoms with Gasteiger partial charge in [-0.15, -0.1) is 0 Å². The number of aromatic nitrogens is 1. The fourth-order valence-corrected chi connectivity index (χ4v) is 2.63. The van der Waals surface area contributed by atoms with Crippen molar-refractivity contribution in [3.63, 3.8) is 0 Å². The summed E-state index contributed by atoms with van der Waals surface area (Å²) in [7, 11) is 4.95. The monoisotopic (exact) mass is 345 g/mol. The number of ether oxygens (including phenoxy) is 2. The average molecular weight is 345 g/mol. The lowest BCUT2D eigenvalue weighted by Crippen LogP contribution is -2.32. The van der Waals surface area contributed by atoms with Crippen LogP contribution in [0.1, 0.15) is 17.2 Å². The fourth-order valence-electron chi connectivity index (χ4n) is 2.63. The molecule has 7 heteroatoms. The second kappa shape index (κ2) is 8.34. The Balaban J connectivity index is 2.10. The maximum atomic E-state index is 11.7. The first-order valence-corrected chi connectivity index (χ1v) is 7.81. The molecular formula is C18H23N3O4. The van der Waals surface area contributed by atoms with Crippen molar-refractivity contribution in [2.75, 3.05) is 33.5 Å². The van der Waals surface area contributed by atoms with E-state index in [-0.39, 0.29) is 0 Å². The number of nitrogens with zero attached hydrogens (tertiary/aromatic N) is 2. The minimum Gasteiger partial charge on any atom is -0.493 e. The number of anilines is 1. The van der Waals surface area contributed by atoms with Crippen molar-refractivity contribution in [3.8, 4) is 11.5 Å². The summed E-state index contributed by atoms with van der Waals surface area (Å²) in [4.78, 5) is 17.4. The van der Waals surface area contributed by atoms with Gasteiger partial charge in [-0.3, -0.25) is 9.69 Å². The van der Waals surface area contributed by atoms with Crippen LogP contribution in [0.25, 0.3) is 0 Å². The molecule has 1 atom stereocenters.